The first-order valence-electron chi connectivity index (χ1n) is 5.65. The molecule has 1 aliphatic carbocycles. The first kappa shape index (κ1) is 12.8. The molecule has 0 amide bonds. The Bertz CT molecular complexity index is 211. The molecule has 0 aromatic rings. The van der Waals surface area contributed by atoms with E-state index in [-0.39, 0.29) is 0 Å². The summed E-state index contributed by atoms with van der Waals surface area (Å²) in [6, 6.07) is -0.396. The van der Waals surface area contributed by atoms with Crippen molar-refractivity contribution in [3.05, 3.63) is 0 Å². The number of likely N-dealkylation sites (N-methyl/N-ethyl adjacent to an activating group) is 1. The van der Waals surface area contributed by atoms with Gasteiger partial charge in [0.15, 0.2) is 0 Å². The van der Waals surface area contributed by atoms with E-state index in [4.69, 9.17) is 5.11 Å². The monoisotopic (exact) mass is 231 g/mol. The Balaban J connectivity index is 2.26. The molecule has 1 aliphatic rings. The number of carboxylic acid groups (broad SMARTS) is 1. The van der Waals surface area contributed by atoms with Gasteiger partial charge in [-0.05, 0) is 25.8 Å². The van der Waals surface area contributed by atoms with Crippen LogP contribution in [0.1, 0.15) is 32.6 Å². The molecule has 0 aromatic heterocycles. The molecule has 1 saturated carbocycles. The number of thioether (sulfide) groups is 1. The van der Waals surface area contributed by atoms with Crippen molar-refractivity contribution in [2.24, 2.45) is 5.92 Å². The summed E-state index contributed by atoms with van der Waals surface area (Å²) in [4.78, 5) is 10.8. The van der Waals surface area contributed by atoms with Gasteiger partial charge < -0.3 is 10.4 Å². The van der Waals surface area contributed by atoms with Crippen LogP contribution >= 0.6 is 11.8 Å². The van der Waals surface area contributed by atoms with E-state index in [2.05, 4.69) is 12.2 Å². The maximum atomic E-state index is 10.8. The quantitative estimate of drug-likeness (QED) is 0.759. The minimum absolute atomic E-state index is 0.396. The highest BCUT2D eigenvalue weighted by Crippen LogP contribution is 2.32. The van der Waals surface area contributed by atoms with Crippen LogP contribution in [0.5, 0.6) is 0 Å². The Morgan fingerprint density at radius 1 is 1.60 bits per heavy atom. The van der Waals surface area contributed by atoms with Crippen LogP contribution in [0.2, 0.25) is 0 Å². The summed E-state index contributed by atoms with van der Waals surface area (Å²) in [5.41, 5.74) is 0. The molecular formula is C11H21NO2S. The Morgan fingerprint density at radius 3 is 2.87 bits per heavy atom. The van der Waals surface area contributed by atoms with Crippen molar-refractivity contribution in [3.63, 3.8) is 0 Å². The molecule has 3 nitrogen and oxygen atoms in total. The summed E-state index contributed by atoms with van der Waals surface area (Å²) in [6.45, 7) is 2.29. The van der Waals surface area contributed by atoms with Gasteiger partial charge in [-0.1, -0.05) is 19.8 Å². The van der Waals surface area contributed by atoms with Gasteiger partial charge in [-0.15, -0.1) is 0 Å². The van der Waals surface area contributed by atoms with Gasteiger partial charge in [0, 0.05) is 11.0 Å². The third-order valence-corrected chi connectivity index (χ3v) is 4.46. The molecule has 4 heteroatoms. The zero-order chi connectivity index (χ0) is 11.3. The molecule has 0 bridgehead atoms. The second-order valence-corrected chi connectivity index (χ2v) is 5.74. The third-order valence-electron chi connectivity index (χ3n) is 3.03. The molecule has 0 heterocycles. The van der Waals surface area contributed by atoms with Crippen LogP contribution in [0.25, 0.3) is 0 Å². The van der Waals surface area contributed by atoms with Crippen molar-refractivity contribution in [1.82, 2.24) is 5.32 Å². The van der Waals surface area contributed by atoms with Gasteiger partial charge in [-0.3, -0.25) is 4.79 Å². The molecule has 0 aromatic carbocycles. The van der Waals surface area contributed by atoms with Crippen LogP contribution in [0.3, 0.4) is 0 Å². The highest BCUT2D eigenvalue weighted by atomic mass is 32.2. The summed E-state index contributed by atoms with van der Waals surface area (Å²) in [6.07, 6.45) is 5.15. The lowest BCUT2D eigenvalue weighted by molar-refractivity contribution is -0.138. The van der Waals surface area contributed by atoms with Crippen molar-refractivity contribution < 1.29 is 9.90 Å². The highest BCUT2D eigenvalue weighted by Gasteiger charge is 2.22. The first-order chi connectivity index (χ1) is 7.13. The van der Waals surface area contributed by atoms with Crippen LogP contribution in [0.4, 0.5) is 0 Å². The van der Waals surface area contributed by atoms with Gasteiger partial charge in [0.05, 0.1) is 0 Å². The normalized spacial score (nSPS) is 28.7. The molecule has 15 heavy (non-hydrogen) atoms. The summed E-state index contributed by atoms with van der Waals surface area (Å²) < 4.78 is 0. The zero-order valence-electron chi connectivity index (χ0n) is 9.53. The van der Waals surface area contributed by atoms with E-state index in [9.17, 15) is 4.79 Å². The molecule has 3 unspecified atom stereocenters. The Hall–Kier alpha value is -0.220. The number of hydrogen-bond acceptors (Lipinski definition) is 3. The van der Waals surface area contributed by atoms with Gasteiger partial charge in [-0.25, -0.2) is 0 Å². The van der Waals surface area contributed by atoms with E-state index in [0.29, 0.717) is 11.0 Å². The van der Waals surface area contributed by atoms with Gasteiger partial charge in [-0.2, -0.15) is 11.8 Å². The van der Waals surface area contributed by atoms with Crippen molar-refractivity contribution >= 4 is 17.7 Å². The topological polar surface area (TPSA) is 49.3 Å². The number of hydrogen-bond donors (Lipinski definition) is 2. The maximum absolute atomic E-state index is 10.8. The van der Waals surface area contributed by atoms with Crippen LogP contribution in [-0.2, 0) is 4.79 Å². The third kappa shape index (κ3) is 4.43. The summed E-state index contributed by atoms with van der Waals surface area (Å²) in [5.74, 6) is 0.756. The molecule has 0 saturated heterocycles. The standard InChI is InChI=1S/C11H21NO2S/c1-8-4-3-5-9(6-8)15-7-10(12-2)11(13)14/h8-10,12H,3-7H2,1-2H3,(H,13,14). The van der Waals surface area contributed by atoms with Crippen molar-refractivity contribution in [2.75, 3.05) is 12.8 Å². The summed E-state index contributed by atoms with van der Waals surface area (Å²) >= 11 is 1.82. The number of aliphatic carboxylic acids is 1. The number of carbonyl (C=O) groups is 1. The fraction of sp³-hybridized carbons (Fsp3) is 0.909. The Labute approximate surface area is 96.0 Å². The Morgan fingerprint density at radius 2 is 2.33 bits per heavy atom. The lowest BCUT2D eigenvalue weighted by Gasteiger charge is -2.27. The van der Waals surface area contributed by atoms with E-state index in [1.54, 1.807) is 7.05 Å². The predicted octanol–water partition coefficient (Wildman–Crippen LogP) is 1.97. The number of rotatable bonds is 5. The lowest BCUT2D eigenvalue weighted by Crippen LogP contribution is -2.36. The minimum Gasteiger partial charge on any atom is -0.480 e. The smallest absolute Gasteiger partial charge is 0.321 e. The molecular weight excluding hydrogens is 210 g/mol. The Kier molecular flexibility index (Phi) is 5.47. The molecule has 3 atom stereocenters. The van der Waals surface area contributed by atoms with E-state index in [0.717, 1.165) is 5.92 Å². The second kappa shape index (κ2) is 6.38. The molecule has 88 valence electrons. The molecule has 1 rings (SSSR count). The minimum atomic E-state index is -0.742. The van der Waals surface area contributed by atoms with Gasteiger partial charge >= 0.3 is 5.97 Å². The van der Waals surface area contributed by atoms with Crippen LogP contribution in [0, 0.1) is 5.92 Å². The molecule has 0 aliphatic heterocycles. The van der Waals surface area contributed by atoms with Gasteiger partial charge in [0.2, 0.25) is 0 Å². The van der Waals surface area contributed by atoms with Gasteiger partial charge in [0.1, 0.15) is 6.04 Å². The average Bonchev–Trinajstić information content (AvgIpc) is 2.18. The van der Waals surface area contributed by atoms with E-state index >= 15 is 0 Å². The van der Waals surface area contributed by atoms with Crippen LogP contribution in [-0.4, -0.2) is 35.2 Å². The summed E-state index contributed by atoms with van der Waals surface area (Å²) in [5, 5.41) is 12.4. The molecule has 1 fully saturated rings. The fourth-order valence-corrected chi connectivity index (χ4v) is 3.61. The lowest BCUT2D eigenvalue weighted by atomic mass is 9.91. The maximum Gasteiger partial charge on any atom is 0.321 e. The highest BCUT2D eigenvalue weighted by molar-refractivity contribution is 7.99. The number of carboxylic acids is 1. The zero-order valence-corrected chi connectivity index (χ0v) is 10.3. The largest absolute Gasteiger partial charge is 0.480 e. The number of nitrogens with one attached hydrogen (secondary N) is 1. The molecule has 0 spiro atoms. The predicted molar refractivity (Wildman–Crippen MR) is 64.4 cm³/mol. The SMILES string of the molecule is CNC(CSC1CCCC(C)C1)C(=O)O. The summed E-state index contributed by atoms with van der Waals surface area (Å²) in [7, 11) is 1.71. The molecule has 0 radical (unpaired) electrons. The van der Waals surface area contributed by atoms with Crippen LogP contribution < -0.4 is 5.32 Å². The van der Waals surface area contributed by atoms with E-state index in [1.165, 1.54) is 25.7 Å². The van der Waals surface area contributed by atoms with Crippen molar-refractivity contribution in [2.45, 2.75) is 43.9 Å². The van der Waals surface area contributed by atoms with Gasteiger partial charge in [0.25, 0.3) is 0 Å². The second-order valence-electron chi connectivity index (χ2n) is 4.41. The molecule has 2 N–H and O–H groups in total. The first-order valence-corrected chi connectivity index (χ1v) is 6.70. The van der Waals surface area contributed by atoms with E-state index in [1.807, 2.05) is 11.8 Å². The average molecular weight is 231 g/mol. The van der Waals surface area contributed by atoms with Crippen molar-refractivity contribution in [3.8, 4) is 0 Å². The van der Waals surface area contributed by atoms with Crippen molar-refractivity contribution in [1.29, 1.82) is 0 Å². The fourth-order valence-electron chi connectivity index (χ4n) is 2.04. The van der Waals surface area contributed by atoms with Crippen LogP contribution in [0.15, 0.2) is 0 Å². The van der Waals surface area contributed by atoms with E-state index < -0.39 is 12.0 Å².